The second-order valence-corrected chi connectivity index (χ2v) is 4.21. The Labute approximate surface area is 108 Å². The second kappa shape index (κ2) is 6.89. The highest BCUT2D eigenvalue weighted by atomic mass is 16.5. The van der Waals surface area contributed by atoms with Crippen molar-refractivity contribution in [1.82, 2.24) is 0 Å². The summed E-state index contributed by atoms with van der Waals surface area (Å²) in [6.07, 6.45) is 2.00. The van der Waals surface area contributed by atoms with E-state index in [4.69, 9.17) is 15.2 Å². The number of benzene rings is 1. The summed E-state index contributed by atoms with van der Waals surface area (Å²) in [5.41, 5.74) is 6.56. The lowest BCUT2D eigenvalue weighted by Gasteiger charge is -2.14. The Morgan fingerprint density at radius 3 is 2.56 bits per heavy atom. The highest BCUT2D eigenvalue weighted by Gasteiger charge is 2.16. The first-order valence-electron chi connectivity index (χ1n) is 6.23. The smallest absolute Gasteiger partial charge is 0.342 e. The van der Waals surface area contributed by atoms with E-state index in [-0.39, 0.29) is 5.97 Å². The molecule has 0 atom stereocenters. The lowest BCUT2D eigenvalue weighted by Crippen LogP contribution is -2.14. The van der Waals surface area contributed by atoms with E-state index < -0.39 is 0 Å². The largest absolute Gasteiger partial charge is 0.494 e. The zero-order valence-corrected chi connectivity index (χ0v) is 11.2. The van der Waals surface area contributed by atoms with Crippen LogP contribution in [0, 0.1) is 5.92 Å². The molecule has 0 spiro atoms. The van der Waals surface area contributed by atoms with E-state index in [9.17, 15) is 4.79 Å². The summed E-state index contributed by atoms with van der Waals surface area (Å²) in [7, 11) is 1.49. The molecule has 4 nitrogen and oxygen atoms in total. The first kappa shape index (κ1) is 14.4. The van der Waals surface area contributed by atoms with Gasteiger partial charge in [-0.1, -0.05) is 32.8 Å². The van der Waals surface area contributed by atoms with Gasteiger partial charge < -0.3 is 15.2 Å². The molecule has 100 valence electrons. The molecular weight excluding hydrogens is 230 g/mol. The van der Waals surface area contributed by atoms with Crippen molar-refractivity contribution in [2.75, 3.05) is 19.5 Å². The predicted molar refractivity (Wildman–Crippen MR) is 71.8 cm³/mol. The van der Waals surface area contributed by atoms with E-state index in [1.165, 1.54) is 7.11 Å². The Balaban J connectivity index is 2.75. The fourth-order valence-corrected chi connectivity index (χ4v) is 1.74. The molecule has 0 bridgehead atoms. The molecule has 1 rings (SSSR count). The van der Waals surface area contributed by atoms with Crippen molar-refractivity contribution >= 4 is 11.7 Å². The molecule has 0 saturated carbocycles. The van der Waals surface area contributed by atoms with Crippen LogP contribution in [0.2, 0.25) is 0 Å². The van der Waals surface area contributed by atoms with Crippen molar-refractivity contribution in [2.24, 2.45) is 5.92 Å². The van der Waals surface area contributed by atoms with Gasteiger partial charge >= 0.3 is 5.97 Å². The van der Waals surface area contributed by atoms with Crippen LogP contribution in [0.3, 0.4) is 0 Å². The maximum absolute atomic E-state index is 12.0. The molecule has 0 radical (unpaired) electrons. The number of anilines is 1. The monoisotopic (exact) mass is 251 g/mol. The van der Waals surface area contributed by atoms with Crippen LogP contribution in [-0.2, 0) is 4.74 Å². The number of rotatable bonds is 6. The van der Waals surface area contributed by atoms with E-state index in [0.717, 1.165) is 12.8 Å². The maximum atomic E-state index is 12.0. The Kier molecular flexibility index (Phi) is 5.49. The van der Waals surface area contributed by atoms with E-state index in [1.807, 2.05) is 0 Å². The molecule has 0 fully saturated rings. The number of hydrogen-bond donors (Lipinski definition) is 1. The lowest BCUT2D eigenvalue weighted by atomic mass is 10.1. The summed E-state index contributed by atoms with van der Waals surface area (Å²) in [5, 5.41) is 0. The minimum atomic E-state index is -0.383. The highest BCUT2D eigenvalue weighted by molar-refractivity contribution is 5.94. The number of hydrogen-bond acceptors (Lipinski definition) is 4. The number of nitrogen functional groups attached to an aromatic ring is 1. The third-order valence-electron chi connectivity index (χ3n) is 3.07. The molecule has 4 heteroatoms. The van der Waals surface area contributed by atoms with Crippen LogP contribution in [-0.4, -0.2) is 19.7 Å². The van der Waals surface area contributed by atoms with Gasteiger partial charge in [-0.05, 0) is 18.1 Å². The minimum absolute atomic E-state index is 0.378. The molecule has 0 aliphatic carbocycles. The van der Waals surface area contributed by atoms with Gasteiger partial charge in [-0.25, -0.2) is 4.79 Å². The molecule has 0 aliphatic rings. The molecule has 1 aromatic carbocycles. The van der Waals surface area contributed by atoms with Crippen molar-refractivity contribution in [2.45, 2.75) is 26.7 Å². The van der Waals surface area contributed by atoms with Crippen LogP contribution in [0.15, 0.2) is 18.2 Å². The zero-order chi connectivity index (χ0) is 13.5. The summed E-state index contributed by atoms with van der Waals surface area (Å²) in [5.74, 6) is 0.402. The average molecular weight is 251 g/mol. The third kappa shape index (κ3) is 3.39. The molecule has 0 amide bonds. The first-order valence-corrected chi connectivity index (χ1v) is 6.23. The van der Waals surface area contributed by atoms with Gasteiger partial charge in [0.25, 0.3) is 0 Å². The van der Waals surface area contributed by atoms with Crippen LogP contribution in [0.5, 0.6) is 5.75 Å². The molecule has 0 saturated heterocycles. The van der Waals surface area contributed by atoms with Crippen molar-refractivity contribution in [3.8, 4) is 5.75 Å². The number of ether oxygens (including phenoxy) is 2. The van der Waals surface area contributed by atoms with Crippen molar-refractivity contribution in [3.05, 3.63) is 23.8 Å². The summed E-state index contributed by atoms with van der Waals surface area (Å²) in [4.78, 5) is 12.0. The van der Waals surface area contributed by atoms with E-state index in [2.05, 4.69) is 13.8 Å². The van der Waals surface area contributed by atoms with Gasteiger partial charge in [-0.2, -0.15) is 0 Å². The van der Waals surface area contributed by atoms with E-state index in [1.54, 1.807) is 18.2 Å². The van der Waals surface area contributed by atoms with E-state index in [0.29, 0.717) is 29.5 Å². The summed E-state index contributed by atoms with van der Waals surface area (Å²) >= 11 is 0. The van der Waals surface area contributed by atoms with Gasteiger partial charge in [0.05, 0.1) is 19.4 Å². The quantitative estimate of drug-likeness (QED) is 0.623. The van der Waals surface area contributed by atoms with Crippen molar-refractivity contribution in [3.63, 3.8) is 0 Å². The van der Waals surface area contributed by atoms with Gasteiger partial charge in [0, 0.05) is 0 Å². The Morgan fingerprint density at radius 1 is 1.33 bits per heavy atom. The van der Waals surface area contributed by atoms with Gasteiger partial charge in [-0.3, -0.25) is 0 Å². The molecule has 1 aromatic rings. The zero-order valence-electron chi connectivity index (χ0n) is 11.2. The first-order chi connectivity index (χ1) is 8.63. The Morgan fingerprint density at radius 2 is 2.00 bits per heavy atom. The van der Waals surface area contributed by atoms with Crippen LogP contribution >= 0.6 is 0 Å². The normalized spacial score (nSPS) is 10.4. The fourth-order valence-electron chi connectivity index (χ4n) is 1.74. The third-order valence-corrected chi connectivity index (χ3v) is 3.07. The molecule has 2 N–H and O–H groups in total. The van der Waals surface area contributed by atoms with Gasteiger partial charge in [0.15, 0.2) is 5.75 Å². The predicted octanol–water partition coefficient (Wildman–Crippen LogP) is 2.87. The molecule has 0 aliphatic heterocycles. The Hall–Kier alpha value is -1.71. The van der Waals surface area contributed by atoms with Crippen LogP contribution in [0.1, 0.15) is 37.0 Å². The number of esters is 1. The average Bonchev–Trinajstić information content (AvgIpc) is 2.39. The molecule has 0 aromatic heterocycles. The summed E-state index contributed by atoms with van der Waals surface area (Å²) in [6, 6.07) is 5.06. The Bertz CT molecular complexity index is 400. The van der Waals surface area contributed by atoms with Crippen LogP contribution in [0.25, 0.3) is 0 Å². The van der Waals surface area contributed by atoms with Gasteiger partial charge in [0.2, 0.25) is 0 Å². The standard InChI is InChI=1S/C14H21NO3/c1-4-10(5-2)9-18-14(16)11-7-6-8-12(15)13(11)17-3/h6-8,10H,4-5,9,15H2,1-3H3. The summed E-state index contributed by atoms with van der Waals surface area (Å²) in [6.45, 7) is 4.61. The molecule has 0 heterocycles. The second-order valence-electron chi connectivity index (χ2n) is 4.21. The number of carbonyl (C=O) groups excluding carboxylic acids is 1. The van der Waals surface area contributed by atoms with Crippen LogP contribution in [0.4, 0.5) is 5.69 Å². The van der Waals surface area contributed by atoms with Crippen molar-refractivity contribution < 1.29 is 14.3 Å². The van der Waals surface area contributed by atoms with Crippen molar-refractivity contribution in [1.29, 1.82) is 0 Å². The molecular formula is C14H21NO3. The molecule has 0 unspecified atom stereocenters. The number of para-hydroxylation sites is 1. The minimum Gasteiger partial charge on any atom is -0.494 e. The number of methoxy groups -OCH3 is 1. The van der Waals surface area contributed by atoms with Gasteiger partial charge in [-0.15, -0.1) is 0 Å². The van der Waals surface area contributed by atoms with Crippen LogP contribution < -0.4 is 10.5 Å². The number of nitrogens with two attached hydrogens (primary N) is 1. The SMILES string of the molecule is CCC(CC)COC(=O)c1cccc(N)c1OC. The fraction of sp³-hybridized carbons (Fsp3) is 0.500. The number of carbonyl (C=O) groups is 1. The summed E-state index contributed by atoms with van der Waals surface area (Å²) < 4.78 is 10.4. The van der Waals surface area contributed by atoms with E-state index >= 15 is 0 Å². The maximum Gasteiger partial charge on any atom is 0.342 e. The molecule has 18 heavy (non-hydrogen) atoms. The van der Waals surface area contributed by atoms with Gasteiger partial charge in [0.1, 0.15) is 5.56 Å². The highest BCUT2D eigenvalue weighted by Crippen LogP contribution is 2.26. The lowest BCUT2D eigenvalue weighted by molar-refractivity contribution is 0.0430. The topological polar surface area (TPSA) is 61.5 Å².